The van der Waals surface area contributed by atoms with E-state index in [4.69, 9.17) is 4.74 Å². The maximum absolute atomic E-state index is 13.4. The normalized spacial score (nSPS) is 19.3. The van der Waals surface area contributed by atoms with Crippen LogP contribution in [0.3, 0.4) is 0 Å². The van der Waals surface area contributed by atoms with E-state index in [2.05, 4.69) is 10.6 Å². The molecule has 35 heavy (non-hydrogen) atoms. The molecular weight excluding hydrogens is 472 g/mol. The van der Waals surface area contributed by atoms with Gasteiger partial charge in [0.15, 0.2) is 15.6 Å². The van der Waals surface area contributed by atoms with Crippen molar-refractivity contribution < 1.29 is 32.6 Å². The zero-order valence-electron chi connectivity index (χ0n) is 19.6. The Kier molecular flexibility index (Phi) is 8.76. The van der Waals surface area contributed by atoms with Gasteiger partial charge in [0.1, 0.15) is 12.1 Å². The molecule has 2 aromatic carbocycles. The van der Waals surface area contributed by atoms with Crippen LogP contribution in [0, 0.1) is 0 Å². The lowest BCUT2D eigenvalue weighted by Crippen LogP contribution is -2.53. The molecule has 1 aliphatic heterocycles. The van der Waals surface area contributed by atoms with Crippen molar-refractivity contribution in [2.75, 3.05) is 12.4 Å². The Bertz CT molecular complexity index is 1170. The third-order valence-electron chi connectivity index (χ3n) is 5.97. The fourth-order valence-electron chi connectivity index (χ4n) is 4.13. The van der Waals surface area contributed by atoms with Crippen molar-refractivity contribution in [3.63, 3.8) is 0 Å². The molecule has 1 heterocycles. The number of carboxylic acid groups (broad SMARTS) is 1. The van der Waals surface area contributed by atoms with Crippen molar-refractivity contribution in [3.8, 4) is 0 Å². The number of hydrogen-bond donors (Lipinski definition) is 3. The lowest BCUT2D eigenvalue weighted by molar-refractivity contribution is -0.146. The van der Waals surface area contributed by atoms with Crippen molar-refractivity contribution >= 4 is 27.6 Å². The van der Waals surface area contributed by atoms with E-state index >= 15 is 0 Å². The van der Waals surface area contributed by atoms with E-state index in [9.17, 15) is 27.9 Å². The zero-order chi connectivity index (χ0) is 25.6. The average molecular weight is 503 g/mol. The minimum atomic E-state index is -3.65. The van der Waals surface area contributed by atoms with Crippen molar-refractivity contribution in [3.05, 3.63) is 65.7 Å². The lowest BCUT2D eigenvalue weighted by atomic mass is 9.86. The van der Waals surface area contributed by atoms with Crippen molar-refractivity contribution in [1.82, 2.24) is 10.6 Å². The van der Waals surface area contributed by atoms with Gasteiger partial charge in [-0.15, -0.1) is 0 Å². The fraction of sp³-hybridized carbons (Fsp3) is 0.400. The largest absolute Gasteiger partial charge is 0.480 e. The van der Waals surface area contributed by atoms with Crippen LogP contribution in [-0.4, -0.2) is 61.7 Å². The first-order valence-electron chi connectivity index (χ1n) is 11.4. The molecule has 0 saturated carbocycles. The topological polar surface area (TPSA) is 139 Å². The molecule has 0 radical (unpaired) electrons. The number of sulfone groups is 1. The van der Waals surface area contributed by atoms with Gasteiger partial charge < -0.3 is 9.84 Å². The molecule has 0 bridgehead atoms. The third kappa shape index (κ3) is 6.53. The monoisotopic (exact) mass is 502 g/mol. The van der Waals surface area contributed by atoms with Crippen LogP contribution in [0.4, 0.5) is 0 Å². The Hall–Kier alpha value is -3.08. The number of hydrogen-bond acceptors (Lipinski definition) is 8. The molecule has 3 N–H and O–H groups in total. The molecule has 0 fully saturated rings. The number of carbonyl (C=O) groups is 3. The van der Waals surface area contributed by atoms with Gasteiger partial charge in [0.05, 0.1) is 29.3 Å². The number of aliphatic carboxylic acids is 1. The third-order valence-corrected chi connectivity index (χ3v) is 7.73. The van der Waals surface area contributed by atoms with Crippen molar-refractivity contribution in [2.24, 2.45) is 0 Å². The van der Waals surface area contributed by atoms with Crippen LogP contribution in [0.2, 0.25) is 0 Å². The van der Waals surface area contributed by atoms with Crippen LogP contribution in [0.25, 0.3) is 0 Å². The van der Waals surface area contributed by atoms with Gasteiger partial charge in [-0.1, -0.05) is 42.5 Å². The Morgan fingerprint density at radius 3 is 2.43 bits per heavy atom. The van der Waals surface area contributed by atoms with E-state index in [0.717, 1.165) is 5.56 Å². The molecule has 10 heteroatoms. The quantitative estimate of drug-likeness (QED) is 0.392. The van der Waals surface area contributed by atoms with Gasteiger partial charge in [0.2, 0.25) is 0 Å². The van der Waals surface area contributed by atoms with Crippen LogP contribution in [-0.2, 0) is 35.4 Å². The highest BCUT2D eigenvalue weighted by molar-refractivity contribution is 7.91. The van der Waals surface area contributed by atoms with Crippen molar-refractivity contribution in [1.29, 1.82) is 0 Å². The highest BCUT2D eigenvalue weighted by Gasteiger charge is 2.37. The number of ketones is 1. The second-order valence-corrected chi connectivity index (χ2v) is 10.5. The van der Waals surface area contributed by atoms with E-state index in [1.165, 1.54) is 12.1 Å². The zero-order valence-corrected chi connectivity index (χ0v) is 20.5. The Balaban J connectivity index is 1.77. The standard InChI is InChI=1S/C25H30N2O7S/c1-3-34-25(31)20(13-14-35(32,33)18-10-5-4-6-11-18)26-16(2)23(28)22-19-12-8-7-9-17(19)15-21(27-22)24(29)30/h4-12,16,20-22,26-27H,3,13-15H2,1-2H3,(H,29,30)/t16-,20?,21?,22?/m0/s1. The number of benzene rings is 2. The predicted molar refractivity (Wildman–Crippen MR) is 129 cm³/mol. The lowest BCUT2D eigenvalue weighted by Gasteiger charge is -2.32. The number of nitrogens with one attached hydrogen (secondary N) is 2. The number of fused-ring (bicyclic) bond motifs is 1. The van der Waals surface area contributed by atoms with Gasteiger partial charge in [-0.05, 0) is 49.9 Å². The molecule has 0 saturated heterocycles. The summed E-state index contributed by atoms with van der Waals surface area (Å²) in [5.74, 6) is -2.40. The molecule has 4 atom stereocenters. The minimum absolute atomic E-state index is 0.0971. The molecule has 0 aliphatic carbocycles. The Labute approximate surface area is 204 Å². The Morgan fingerprint density at radius 2 is 1.77 bits per heavy atom. The summed E-state index contributed by atoms with van der Waals surface area (Å²) in [6.07, 6.45) is 0.153. The summed E-state index contributed by atoms with van der Waals surface area (Å²) in [5.41, 5.74) is 1.45. The Morgan fingerprint density at radius 1 is 1.11 bits per heavy atom. The summed E-state index contributed by atoms with van der Waals surface area (Å²) in [5, 5.41) is 15.3. The number of esters is 1. The number of ether oxygens (including phenoxy) is 1. The summed E-state index contributed by atoms with van der Waals surface area (Å²) in [4.78, 5) is 37.7. The van der Waals surface area contributed by atoms with Gasteiger partial charge >= 0.3 is 11.9 Å². The van der Waals surface area contributed by atoms with E-state index < -0.39 is 45.9 Å². The maximum Gasteiger partial charge on any atom is 0.323 e. The summed E-state index contributed by atoms with van der Waals surface area (Å²) >= 11 is 0. The van der Waals surface area contributed by atoms with Crippen LogP contribution >= 0.6 is 0 Å². The molecule has 3 unspecified atom stereocenters. The van der Waals surface area contributed by atoms with E-state index in [0.29, 0.717) is 5.56 Å². The predicted octanol–water partition coefficient (Wildman–Crippen LogP) is 1.67. The smallest absolute Gasteiger partial charge is 0.323 e. The average Bonchev–Trinajstić information content (AvgIpc) is 2.85. The first-order valence-corrected chi connectivity index (χ1v) is 13.1. The highest BCUT2D eigenvalue weighted by Crippen LogP contribution is 2.27. The van der Waals surface area contributed by atoms with Gasteiger partial charge in [-0.25, -0.2) is 8.42 Å². The van der Waals surface area contributed by atoms with Crippen LogP contribution in [0.5, 0.6) is 0 Å². The summed E-state index contributed by atoms with van der Waals surface area (Å²) < 4.78 is 30.5. The summed E-state index contributed by atoms with van der Waals surface area (Å²) in [6.45, 7) is 3.30. The fourth-order valence-corrected chi connectivity index (χ4v) is 5.48. The van der Waals surface area contributed by atoms with Crippen LogP contribution in [0.1, 0.15) is 37.4 Å². The SMILES string of the molecule is CCOC(=O)C(CCS(=O)(=O)c1ccccc1)N[C@@H](C)C(=O)C1NC(C(=O)O)Cc2ccccc21. The number of Topliss-reactive ketones (excluding diaryl/α,β-unsaturated/α-hetero) is 1. The second kappa shape index (κ2) is 11.6. The molecule has 1 aliphatic rings. The highest BCUT2D eigenvalue weighted by atomic mass is 32.2. The van der Waals surface area contributed by atoms with Crippen LogP contribution < -0.4 is 10.6 Å². The molecule has 0 spiro atoms. The molecule has 0 amide bonds. The van der Waals surface area contributed by atoms with E-state index in [1.807, 2.05) is 0 Å². The molecule has 3 rings (SSSR count). The number of carboxylic acids is 1. The van der Waals surface area contributed by atoms with Gasteiger partial charge in [-0.3, -0.25) is 25.0 Å². The molecule has 188 valence electrons. The van der Waals surface area contributed by atoms with E-state index in [1.54, 1.807) is 56.3 Å². The molecule has 2 aromatic rings. The van der Waals surface area contributed by atoms with Gasteiger partial charge in [-0.2, -0.15) is 0 Å². The first kappa shape index (κ1) is 26.5. The number of carbonyl (C=O) groups excluding carboxylic acids is 2. The maximum atomic E-state index is 13.4. The van der Waals surface area contributed by atoms with Crippen LogP contribution in [0.15, 0.2) is 59.5 Å². The molecular formula is C25H30N2O7S. The minimum Gasteiger partial charge on any atom is -0.480 e. The summed E-state index contributed by atoms with van der Waals surface area (Å²) in [7, 11) is -3.65. The first-order chi connectivity index (χ1) is 16.6. The molecule has 0 aromatic heterocycles. The van der Waals surface area contributed by atoms with Gasteiger partial charge in [0, 0.05) is 0 Å². The summed E-state index contributed by atoms with van der Waals surface area (Å²) in [6, 6.07) is 11.3. The second-order valence-electron chi connectivity index (χ2n) is 8.41. The molecule has 9 nitrogen and oxygen atoms in total. The number of rotatable bonds is 11. The van der Waals surface area contributed by atoms with E-state index in [-0.39, 0.29) is 35.9 Å². The van der Waals surface area contributed by atoms with Gasteiger partial charge in [0.25, 0.3) is 0 Å². The van der Waals surface area contributed by atoms with Crippen molar-refractivity contribution in [2.45, 2.75) is 55.8 Å².